The van der Waals surface area contributed by atoms with E-state index in [2.05, 4.69) is 0 Å². The summed E-state index contributed by atoms with van der Waals surface area (Å²) in [6, 6.07) is 0. The molecule has 0 aromatic rings. The molecule has 0 atom stereocenters. The van der Waals surface area contributed by atoms with Gasteiger partial charge in [0.15, 0.2) is 0 Å². The van der Waals surface area contributed by atoms with Crippen molar-refractivity contribution < 1.29 is 10.5 Å². The molecule has 2 heteroatoms. The highest BCUT2D eigenvalue weighted by Gasteiger charge is 2.53. The first-order chi connectivity index (χ1) is 7.33. The molecule has 5 saturated carbocycles. The Morgan fingerprint density at radius 3 is 0.688 bits per heavy atom. The molecule has 5 rings (SSSR count). The summed E-state index contributed by atoms with van der Waals surface area (Å²) in [5.41, 5.74) is 2.00. The van der Waals surface area contributed by atoms with E-state index in [1.807, 2.05) is 0 Å². The smallest absolute Gasteiger partial charge is 0.0297 e. The second-order valence-electron chi connectivity index (χ2n) is 6.06. The predicted octanol–water partition coefficient (Wildman–Crippen LogP) is 4.94. The summed E-state index contributed by atoms with van der Waals surface area (Å²) in [5, 5.41) is 12.0. The van der Waals surface area contributed by atoms with E-state index in [0.717, 1.165) is 10.8 Å². The van der Waals surface area contributed by atoms with Crippen LogP contribution in [0, 0.1) is 10.8 Å². The van der Waals surface area contributed by atoms with Gasteiger partial charge in [0.25, 0.3) is 0 Å². The molecule has 2 spiro atoms. The van der Waals surface area contributed by atoms with Crippen molar-refractivity contribution in [3.63, 3.8) is 0 Å². The van der Waals surface area contributed by atoms with Gasteiger partial charge in [-0.15, -0.1) is 0 Å². The molecule has 2 N–H and O–H groups in total. The van der Waals surface area contributed by atoms with Gasteiger partial charge >= 0.3 is 0 Å². The molecule has 5 fully saturated rings. The molecular formula is C14H28O2. The Bertz CT molecular complexity index is 145. The molecule has 0 bridgehead atoms. The minimum Gasteiger partial charge on any atom is -0.255 e. The Hall–Kier alpha value is -0.0800. The van der Waals surface area contributed by atoms with Crippen LogP contribution in [-0.2, 0) is 0 Å². The first-order valence-corrected chi connectivity index (χ1v) is 6.53. The van der Waals surface area contributed by atoms with Crippen LogP contribution in [0.2, 0.25) is 0 Å². The first kappa shape index (κ1) is 14.0. The van der Waals surface area contributed by atoms with E-state index in [1.54, 1.807) is 51.4 Å². The van der Waals surface area contributed by atoms with Gasteiger partial charge in [-0.25, -0.2) is 0 Å². The van der Waals surface area contributed by atoms with Gasteiger partial charge < -0.3 is 0 Å². The maximum atomic E-state index is 6.00. The average Bonchev–Trinajstić information content (AvgIpc) is 3.23. The molecule has 2 nitrogen and oxygen atoms in total. The second kappa shape index (κ2) is 5.50. The van der Waals surface area contributed by atoms with Gasteiger partial charge in [0.2, 0.25) is 0 Å². The summed E-state index contributed by atoms with van der Waals surface area (Å²) in [5.74, 6) is 0. The van der Waals surface area contributed by atoms with Crippen LogP contribution in [0.3, 0.4) is 0 Å². The van der Waals surface area contributed by atoms with Crippen LogP contribution in [-0.4, -0.2) is 10.5 Å². The third-order valence-corrected chi connectivity index (χ3v) is 4.18. The van der Waals surface area contributed by atoms with Gasteiger partial charge in [0, 0.05) is 0 Å². The quantitative estimate of drug-likeness (QED) is 0.455. The van der Waals surface area contributed by atoms with Crippen molar-refractivity contribution in [3.05, 3.63) is 0 Å². The zero-order valence-electron chi connectivity index (χ0n) is 9.67. The topological polar surface area (TPSA) is 40.5 Å². The Morgan fingerprint density at radius 1 is 0.500 bits per heavy atom. The molecule has 0 amide bonds. The van der Waals surface area contributed by atoms with Crippen molar-refractivity contribution in [2.45, 2.75) is 78.1 Å². The Labute approximate surface area is 100.0 Å². The monoisotopic (exact) mass is 228 g/mol. The minimum atomic E-state index is 0. The maximum Gasteiger partial charge on any atom is -0.0297 e. The number of hydrogen-bond acceptors (Lipinski definition) is 2. The lowest BCUT2D eigenvalue weighted by Crippen LogP contribution is -1.51. The van der Waals surface area contributed by atoms with Crippen molar-refractivity contribution >= 4 is 0 Å². The average molecular weight is 228 g/mol. The van der Waals surface area contributed by atoms with E-state index in [0.29, 0.717) is 0 Å². The van der Waals surface area contributed by atoms with E-state index in [-0.39, 0.29) is 7.43 Å². The number of rotatable bonds is 0. The van der Waals surface area contributed by atoms with Gasteiger partial charge in [-0.2, -0.15) is 0 Å². The molecule has 0 aromatic heterocycles. The summed E-state index contributed by atoms with van der Waals surface area (Å²) < 4.78 is 0. The maximum absolute atomic E-state index is 6.00. The fourth-order valence-corrected chi connectivity index (χ4v) is 1.71. The van der Waals surface area contributed by atoms with Crippen LogP contribution in [0.4, 0.5) is 0 Å². The molecule has 0 aliphatic heterocycles. The Balaban J connectivity index is 0.000000111. The summed E-state index contributed by atoms with van der Waals surface area (Å²) in [6.45, 7) is 0. The summed E-state index contributed by atoms with van der Waals surface area (Å²) in [7, 11) is 0. The van der Waals surface area contributed by atoms with Crippen LogP contribution in [0.25, 0.3) is 0 Å². The summed E-state index contributed by atoms with van der Waals surface area (Å²) in [4.78, 5) is 0. The molecule has 5 aliphatic rings. The standard InChI is InChI=1S/2C5H8.C3H6.CH4.H2O2/c2*1-2-5(1)3-4-5;1-2-3-1;;1-2/h2*1-4H2;1-3H2;1H4;1-2H. The SMILES string of the molecule is C.C1CC1.C1CC12CC2.C1CC12CC2.OO. The van der Waals surface area contributed by atoms with Crippen LogP contribution in [0.1, 0.15) is 78.1 Å². The first-order valence-electron chi connectivity index (χ1n) is 6.53. The lowest BCUT2D eigenvalue weighted by atomic mass is 10.5. The summed E-state index contributed by atoms with van der Waals surface area (Å²) >= 11 is 0. The van der Waals surface area contributed by atoms with Crippen LogP contribution in [0.15, 0.2) is 0 Å². The number of hydrogen-bond donors (Lipinski definition) is 2. The zero-order valence-corrected chi connectivity index (χ0v) is 9.67. The highest BCUT2D eigenvalue weighted by atomic mass is 17.0. The van der Waals surface area contributed by atoms with Gasteiger partial charge in [0.05, 0.1) is 0 Å². The normalized spacial score (nSPS) is 28.9. The largest absolute Gasteiger partial charge is 0.255 e. The van der Waals surface area contributed by atoms with Crippen molar-refractivity contribution in [3.8, 4) is 0 Å². The zero-order chi connectivity index (χ0) is 10.8. The molecule has 0 aromatic carbocycles. The van der Waals surface area contributed by atoms with Gasteiger partial charge in [-0.1, -0.05) is 26.7 Å². The van der Waals surface area contributed by atoms with Gasteiger partial charge in [-0.05, 0) is 62.2 Å². The predicted molar refractivity (Wildman–Crippen MR) is 67.6 cm³/mol. The third kappa shape index (κ3) is 5.31. The van der Waals surface area contributed by atoms with Crippen molar-refractivity contribution in [2.24, 2.45) is 10.8 Å². The fraction of sp³-hybridized carbons (Fsp3) is 1.00. The van der Waals surface area contributed by atoms with E-state index in [1.165, 1.54) is 19.3 Å². The lowest BCUT2D eigenvalue weighted by Gasteiger charge is -1.60. The molecule has 0 heterocycles. The molecule has 0 saturated heterocycles. The molecular weight excluding hydrogens is 200 g/mol. The molecule has 16 heavy (non-hydrogen) atoms. The van der Waals surface area contributed by atoms with Crippen molar-refractivity contribution in [1.29, 1.82) is 0 Å². The van der Waals surface area contributed by atoms with E-state index in [4.69, 9.17) is 10.5 Å². The Morgan fingerprint density at radius 2 is 0.688 bits per heavy atom. The van der Waals surface area contributed by atoms with E-state index < -0.39 is 0 Å². The third-order valence-electron chi connectivity index (χ3n) is 4.18. The molecule has 96 valence electrons. The minimum absolute atomic E-state index is 0. The Kier molecular flexibility index (Phi) is 4.81. The van der Waals surface area contributed by atoms with Gasteiger partial charge in [-0.3, -0.25) is 10.5 Å². The van der Waals surface area contributed by atoms with E-state index >= 15 is 0 Å². The summed E-state index contributed by atoms with van der Waals surface area (Å²) in [6.07, 6.45) is 17.0. The molecule has 0 unspecified atom stereocenters. The highest BCUT2D eigenvalue weighted by molar-refractivity contribution is 5.04. The fourth-order valence-electron chi connectivity index (χ4n) is 1.71. The lowest BCUT2D eigenvalue weighted by molar-refractivity contribution is -0.176. The van der Waals surface area contributed by atoms with Crippen LogP contribution >= 0.6 is 0 Å². The second-order valence-corrected chi connectivity index (χ2v) is 6.06. The highest BCUT2D eigenvalue weighted by Crippen LogP contribution is 2.66. The molecule has 5 aliphatic carbocycles. The van der Waals surface area contributed by atoms with Crippen LogP contribution in [0.5, 0.6) is 0 Å². The van der Waals surface area contributed by atoms with Crippen molar-refractivity contribution in [1.82, 2.24) is 0 Å². The van der Waals surface area contributed by atoms with Crippen LogP contribution < -0.4 is 0 Å². The van der Waals surface area contributed by atoms with Crippen molar-refractivity contribution in [2.75, 3.05) is 0 Å². The van der Waals surface area contributed by atoms with E-state index in [9.17, 15) is 0 Å². The van der Waals surface area contributed by atoms with Gasteiger partial charge in [0.1, 0.15) is 0 Å². The molecule has 0 radical (unpaired) electrons.